The summed E-state index contributed by atoms with van der Waals surface area (Å²) < 4.78 is 18.4. The largest absolute Gasteiger partial charge is 0.465 e. The maximum Gasteiger partial charge on any atom is 0.337 e. The number of halogens is 2. The Bertz CT molecular complexity index is 778. The van der Waals surface area contributed by atoms with Crippen molar-refractivity contribution in [2.24, 2.45) is 0 Å². The zero-order valence-corrected chi connectivity index (χ0v) is 15.3. The quantitative estimate of drug-likeness (QED) is 0.751. The second kappa shape index (κ2) is 8.87. The molecule has 2 aromatic rings. The van der Waals surface area contributed by atoms with Crippen LogP contribution in [0.15, 0.2) is 36.4 Å². The van der Waals surface area contributed by atoms with E-state index < -0.39 is 5.97 Å². The lowest BCUT2D eigenvalue weighted by atomic mass is 10.1. The number of carbonyl (C=O) groups is 2. The number of aryl methyl sites for hydroxylation is 1. The Labute approximate surface area is 154 Å². The lowest BCUT2D eigenvalue weighted by molar-refractivity contribution is -0.113. The third kappa shape index (κ3) is 5.21. The monoisotopic (exact) mass is 381 g/mol. The number of ether oxygens (including phenoxy) is 1. The number of methoxy groups -OCH3 is 1. The lowest BCUT2D eigenvalue weighted by Gasteiger charge is -2.10. The van der Waals surface area contributed by atoms with Gasteiger partial charge in [-0.05, 0) is 36.8 Å². The van der Waals surface area contributed by atoms with E-state index in [9.17, 15) is 14.0 Å². The van der Waals surface area contributed by atoms with Crippen LogP contribution in [0.3, 0.4) is 0 Å². The first kappa shape index (κ1) is 19.3. The summed E-state index contributed by atoms with van der Waals surface area (Å²) in [5.74, 6) is -0.684. The standard InChI is InChI=1S/C18H17ClFNO3S/c1-11-6-7-12(18(23)24-2)8-16(11)21-17(22)10-25-9-13-14(19)4-3-5-15(13)20/h3-8H,9-10H2,1-2H3,(H,21,22). The first-order valence-electron chi connectivity index (χ1n) is 7.42. The van der Waals surface area contributed by atoms with E-state index in [0.717, 1.165) is 5.56 Å². The summed E-state index contributed by atoms with van der Waals surface area (Å²) in [6, 6.07) is 9.42. The number of anilines is 1. The van der Waals surface area contributed by atoms with Gasteiger partial charge in [0.05, 0.1) is 18.4 Å². The minimum atomic E-state index is -0.473. The predicted molar refractivity (Wildman–Crippen MR) is 98.7 cm³/mol. The molecule has 1 amide bonds. The molecule has 1 N–H and O–H groups in total. The summed E-state index contributed by atoms with van der Waals surface area (Å²) in [6.45, 7) is 1.82. The van der Waals surface area contributed by atoms with Crippen molar-refractivity contribution < 1.29 is 18.7 Å². The first-order valence-corrected chi connectivity index (χ1v) is 8.95. The molecule has 4 nitrogen and oxygen atoms in total. The smallest absolute Gasteiger partial charge is 0.337 e. The van der Waals surface area contributed by atoms with Crippen molar-refractivity contribution in [3.63, 3.8) is 0 Å². The second-order valence-electron chi connectivity index (χ2n) is 5.26. The molecular weight excluding hydrogens is 365 g/mol. The van der Waals surface area contributed by atoms with Gasteiger partial charge in [-0.2, -0.15) is 0 Å². The highest BCUT2D eigenvalue weighted by molar-refractivity contribution is 7.99. The maximum atomic E-state index is 13.7. The van der Waals surface area contributed by atoms with Crippen LogP contribution in [0, 0.1) is 12.7 Å². The average Bonchev–Trinajstić information content (AvgIpc) is 2.58. The summed E-state index contributed by atoms with van der Waals surface area (Å²) in [4.78, 5) is 23.7. The Morgan fingerprint density at radius 2 is 2.04 bits per heavy atom. The van der Waals surface area contributed by atoms with E-state index >= 15 is 0 Å². The Morgan fingerprint density at radius 3 is 2.72 bits per heavy atom. The number of thioether (sulfide) groups is 1. The van der Waals surface area contributed by atoms with Gasteiger partial charge in [0.25, 0.3) is 0 Å². The Kier molecular flexibility index (Phi) is 6.84. The molecule has 0 saturated heterocycles. The van der Waals surface area contributed by atoms with Crippen molar-refractivity contribution in [2.75, 3.05) is 18.2 Å². The van der Waals surface area contributed by atoms with Crippen LogP contribution in [-0.4, -0.2) is 24.7 Å². The molecule has 0 aliphatic heterocycles. The summed E-state index contributed by atoms with van der Waals surface area (Å²) in [7, 11) is 1.30. The number of hydrogen-bond donors (Lipinski definition) is 1. The maximum absolute atomic E-state index is 13.7. The topological polar surface area (TPSA) is 55.4 Å². The summed E-state index contributed by atoms with van der Waals surface area (Å²) in [5.41, 5.74) is 2.10. The number of nitrogens with one attached hydrogen (secondary N) is 1. The van der Waals surface area contributed by atoms with Crippen molar-refractivity contribution in [3.8, 4) is 0 Å². The van der Waals surface area contributed by atoms with Gasteiger partial charge in [-0.15, -0.1) is 11.8 Å². The normalized spacial score (nSPS) is 10.4. The average molecular weight is 382 g/mol. The molecule has 0 aliphatic rings. The summed E-state index contributed by atoms with van der Waals surface area (Å²) >= 11 is 7.21. The van der Waals surface area contributed by atoms with Crippen LogP contribution < -0.4 is 5.32 Å². The number of esters is 1. The first-order chi connectivity index (χ1) is 11.9. The van der Waals surface area contributed by atoms with Gasteiger partial charge in [-0.1, -0.05) is 23.7 Å². The van der Waals surface area contributed by atoms with Crippen molar-refractivity contribution in [2.45, 2.75) is 12.7 Å². The number of amides is 1. The number of carbonyl (C=O) groups excluding carboxylic acids is 2. The molecule has 132 valence electrons. The Hall–Kier alpha value is -2.05. The third-order valence-corrected chi connectivity index (χ3v) is 4.79. The second-order valence-corrected chi connectivity index (χ2v) is 6.66. The van der Waals surface area contributed by atoms with E-state index in [-0.39, 0.29) is 17.5 Å². The Morgan fingerprint density at radius 1 is 1.28 bits per heavy atom. The highest BCUT2D eigenvalue weighted by atomic mass is 35.5. The van der Waals surface area contributed by atoms with E-state index in [0.29, 0.717) is 27.6 Å². The highest BCUT2D eigenvalue weighted by Gasteiger charge is 2.12. The van der Waals surface area contributed by atoms with Crippen LogP contribution in [0.25, 0.3) is 0 Å². The molecule has 0 spiro atoms. The molecule has 0 aromatic heterocycles. The molecule has 0 fully saturated rings. The minimum Gasteiger partial charge on any atom is -0.465 e. The molecule has 25 heavy (non-hydrogen) atoms. The molecule has 0 bridgehead atoms. The summed E-state index contributed by atoms with van der Waals surface area (Å²) in [6.07, 6.45) is 0. The van der Waals surface area contributed by atoms with Gasteiger partial charge in [0, 0.05) is 22.0 Å². The van der Waals surface area contributed by atoms with Gasteiger partial charge in [0.2, 0.25) is 5.91 Å². The van der Waals surface area contributed by atoms with E-state index in [1.54, 1.807) is 24.3 Å². The molecule has 0 aliphatic carbocycles. The van der Waals surface area contributed by atoms with Crippen LogP contribution in [0.4, 0.5) is 10.1 Å². The molecule has 0 unspecified atom stereocenters. The van der Waals surface area contributed by atoms with Crippen LogP contribution in [0.2, 0.25) is 5.02 Å². The third-order valence-electron chi connectivity index (χ3n) is 3.47. The van der Waals surface area contributed by atoms with Gasteiger partial charge < -0.3 is 10.1 Å². The van der Waals surface area contributed by atoms with Gasteiger partial charge >= 0.3 is 5.97 Å². The fourth-order valence-corrected chi connectivity index (χ4v) is 3.27. The van der Waals surface area contributed by atoms with Crippen LogP contribution >= 0.6 is 23.4 Å². The van der Waals surface area contributed by atoms with E-state index in [1.807, 2.05) is 6.92 Å². The minimum absolute atomic E-state index is 0.132. The molecular formula is C18H17ClFNO3S. The molecule has 0 saturated carbocycles. The fourth-order valence-electron chi connectivity index (χ4n) is 2.10. The van der Waals surface area contributed by atoms with Crippen LogP contribution in [-0.2, 0) is 15.3 Å². The molecule has 7 heteroatoms. The zero-order valence-electron chi connectivity index (χ0n) is 13.8. The van der Waals surface area contributed by atoms with Crippen molar-refractivity contribution in [1.82, 2.24) is 0 Å². The lowest BCUT2D eigenvalue weighted by Crippen LogP contribution is -2.15. The predicted octanol–water partition coefficient (Wildman–Crippen LogP) is 4.45. The number of benzene rings is 2. The van der Waals surface area contributed by atoms with Crippen molar-refractivity contribution in [1.29, 1.82) is 0 Å². The van der Waals surface area contributed by atoms with Gasteiger partial charge in [0.15, 0.2) is 0 Å². The molecule has 0 heterocycles. The zero-order chi connectivity index (χ0) is 18.4. The van der Waals surface area contributed by atoms with E-state index in [2.05, 4.69) is 10.1 Å². The SMILES string of the molecule is COC(=O)c1ccc(C)c(NC(=O)CSCc2c(F)cccc2Cl)c1. The molecule has 0 atom stereocenters. The van der Waals surface area contributed by atoms with Crippen LogP contribution in [0.5, 0.6) is 0 Å². The number of rotatable bonds is 6. The number of hydrogen-bond acceptors (Lipinski definition) is 4. The van der Waals surface area contributed by atoms with Gasteiger partial charge in [-0.25, -0.2) is 9.18 Å². The highest BCUT2D eigenvalue weighted by Crippen LogP contribution is 2.24. The molecule has 2 rings (SSSR count). The van der Waals surface area contributed by atoms with Crippen molar-refractivity contribution in [3.05, 3.63) is 63.9 Å². The van der Waals surface area contributed by atoms with Gasteiger partial charge in [-0.3, -0.25) is 4.79 Å². The van der Waals surface area contributed by atoms with E-state index in [4.69, 9.17) is 11.6 Å². The van der Waals surface area contributed by atoms with E-state index in [1.165, 1.54) is 31.0 Å². The van der Waals surface area contributed by atoms with Crippen molar-refractivity contribution >= 4 is 40.9 Å². The fraction of sp³-hybridized carbons (Fsp3) is 0.222. The summed E-state index contributed by atoms with van der Waals surface area (Å²) in [5, 5.41) is 3.09. The molecule has 0 radical (unpaired) electrons. The van der Waals surface area contributed by atoms with Gasteiger partial charge in [0.1, 0.15) is 5.82 Å². The molecule has 2 aromatic carbocycles. The Balaban J connectivity index is 1.95. The van der Waals surface area contributed by atoms with Crippen LogP contribution in [0.1, 0.15) is 21.5 Å².